The van der Waals surface area contributed by atoms with Crippen LogP contribution in [-0.4, -0.2) is 34.5 Å². The number of aromatic nitrogens is 2. The summed E-state index contributed by atoms with van der Waals surface area (Å²) in [7, 11) is 0. The minimum atomic E-state index is -0.887. The summed E-state index contributed by atoms with van der Waals surface area (Å²) in [4.78, 5) is 10.8. The van der Waals surface area contributed by atoms with Gasteiger partial charge in [0.05, 0.1) is 31.5 Å². The molecule has 0 bridgehead atoms. The Balaban J connectivity index is 1.96. The Morgan fingerprint density at radius 2 is 2.10 bits per heavy atom. The monoisotopic (exact) mass is 274 g/mol. The molecule has 0 amide bonds. The molecule has 0 saturated carbocycles. The number of fused-ring (bicyclic) bond motifs is 1. The molecule has 1 aliphatic heterocycles. The molecule has 0 saturated heterocycles. The highest BCUT2D eigenvalue weighted by molar-refractivity contribution is 5.75. The van der Waals surface area contributed by atoms with Gasteiger partial charge in [-0.3, -0.25) is 9.89 Å². The van der Waals surface area contributed by atoms with Crippen LogP contribution < -0.4 is 9.47 Å². The number of carboxylic acids is 1. The van der Waals surface area contributed by atoms with Crippen LogP contribution in [0.2, 0.25) is 0 Å². The summed E-state index contributed by atoms with van der Waals surface area (Å²) in [6.45, 7) is 1.25. The van der Waals surface area contributed by atoms with Crippen molar-refractivity contribution in [3.05, 3.63) is 30.0 Å². The molecule has 20 heavy (non-hydrogen) atoms. The quantitative estimate of drug-likeness (QED) is 0.892. The third-order valence-electron chi connectivity index (χ3n) is 3.10. The molecule has 2 N–H and O–H groups in total. The second kappa shape index (κ2) is 5.24. The number of nitrogens with one attached hydrogen (secondary N) is 1. The lowest BCUT2D eigenvalue weighted by molar-refractivity contribution is -0.136. The van der Waals surface area contributed by atoms with E-state index in [0.29, 0.717) is 36.0 Å². The lowest BCUT2D eigenvalue weighted by atomic mass is 10.1. The highest BCUT2D eigenvalue weighted by Gasteiger charge is 2.15. The number of H-pyrrole nitrogens is 1. The van der Waals surface area contributed by atoms with Gasteiger partial charge in [0.15, 0.2) is 11.5 Å². The van der Waals surface area contributed by atoms with E-state index in [1.807, 2.05) is 18.2 Å². The second-order valence-electron chi connectivity index (χ2n) is 4.55. The van der Waals surface area contributed by atoms with Crippen LogP contribution in [0, 0.1) is 0 Å². The maximum Gasteiger partial charge on any atom is 0.307 e. The van der Waals surface area contributed by atoms with Crippen molar-refractivity contribution in [1.82, 2.24) is 10.2 Å². The van der Waals surface area contributed by atoms with Crippen LogP contribution in [0.5, 0.6) is 11.5 Å². The van der Waals surface area contributed by atoms with Crippen molar-refractivity contribution in [2.75, 3.05) is 13.2 Å². The predicted octanol–water partition coefficient (Wildman–Crippen LogP) is 1.87. The van der Waals surface area contributed by atoms with Crippen molar-refractivity contribution in [3.8, 4) is 22.8 Å². The van der Waals surface area contributed by atoms with Crippen molar-refractivity contribution in [2.45, 2.75) is 12.8 Å². The van der Waals surface area contributed by atoms with Gasteiger partial charge in [-0.1, -0.05) is 0 Å². The minimum Gasteiger partial charge on any atom is -0.490 e. The van der Waals surface area contributed by atoms with Crippen molar-refractivity contribution >= 4 is 5.97 Å². The first-order valence-electron chi connectivity index (χ1n) is 6.38. The number of benzene rings is 1. The summed E-state index contributed by atoms with van der Waals surface area (Å²) in [5.41, 5.74) is 2.18. The molecule has 0 aliphatic carbocycles. The van der Waals surface area contributed by atoms with E-state index in [2.05, 4.69) is 10.2 Å². The van der Waals surface area contributed by atoms with Gasteiger partial charge < -0.3 is 14.6 Å². The number of hydrogen-bond acceptors (Lipinski definition) is 4. The normalized spacial score (nSPS) is 13.8. The zero-order valence-corrected chi connectivity index (χ0v) is 10.8. The first-order valence-corrected chi connectivity index (χ1v) is 6.38. The molecule has 0 spiro atoms. The van der Waals surface area contributed by atoms with E-state index >= 15 is 0 Å². The molecule has 0 unspecified atom stereocenters. The van der Waals surface area contributed by atoms with Gasteiger partial charge in [-0.2, -0.15) is 5.10 Å². The molecule has 2 aromatic rings. The predicted molar refractivity (Wildman–Crippen MR) is 71.0 cm³/mol. The Kier molecular flexibility index (Phi) is 3.28. The number of rotatable bonds is 3. The van der Waals surface area contributed by atoms with Crippen LogP contribution in [0.15, 0.2) is 24.4 Å². The molecule has 6 nitrogen and oxygen atoms in total. The van der Waals surface area contributed by atoms with E-state index in [1.54, 1.807) is 0 Å². The second-order valence-corrected chi connectivity index (χ2v) is 4.55. The van der Waals surface area contributed by atoms with Crippen LogP contribution in [0.3, 0.4) is 0 Å². The molecule has 3 rings (SSSR count). The highest BCUT2D eigenvalue weighted by Crippen LogP contribution is 2.34. The van der Waals surface area contributed by atoms with Crippen LogP contribution >= 0.6 is 0 Å². The van der Waals surface area contributed by atoms with E-state index < -0.39 is 5.97 Å². The van der Waals surface area contributed by atoms with Gasteiger partial charge in [-0.05, 0) is 18.2 Å². The molecule has 0 atom stereocenters. The maximum atomic E-state index is 10.8. The average molecular weight is 274 g/mol. The molecule has 2 heterocycles. The van der Waals surface area contributed by atoms with E-state index in [-0.39, 0.29) is 6.42 Å². The smallest absolute Gasteiger partial charge is 0.307 e. The first-order chi connectivity index (χ1) is 9.74. The van der Waals surface area contributed by atoms with E-state index in [9.17, 15) is 4.79 Å². The van der Waals surface area contributed by atoms with Gasteiger partial charge >= 0.3 is 5.97 Å². The number of carboxylic acid groups (broad SMARTS) is 1. The number of nitrogens with zero attached hydrogens (tertiary/aromatic N) is 1. The summed E-state index contributed by atoms with van der Waals surface area (Å²) in [6.07, 6.45) is 2.31. The molecule has 0 radical (unpaired) electrons. The standard InChI is InChI=1S/C14H14N2O4/c17-13(18)7-10-8-15-16-14(10)9-2-3-11-12(6-9)20-5-1-4-19-11/h2-3,6,8H,1,4-5,7H2,(H,15,16)(H,17,18). The van der Waals surface area contributed by atoms with Crippen LogP contribution in [0.25, 0.3) is 11.3 Å². The van der Waals surface area contributed by atoms with Gasteiger partial charge in [-0.25, -0.2) is 0 Å². The number of carbonyl (C=O) groups is 1. The van der Waals surface area contributed by atoms with Crippen molar-refractivity contribution in [2.24, 2.45) is 0 Å². The zero-order valence-electron chi connectivity index (χ0n) is 10.8. The number of hydrogen-bond donors (Lipinski definition) is 2. The summed E-state index contributed by atoms with van der Waals surface area (Å²) < 4.78 is 11.2. The molecule has 1 aliphatic rings. The van der Waals surface area contributed by atoms with Crippen molar-refractivity contribution in [3.63, 3.8) is 0 Å². The third kappa shape index (κ3) is 2.45. The molecule has 6 heteroatoms. The Hall–Kier alpha value is -2.50. The number of aromatic amines is 1. The van der Waals surface area contributed by atoms with E-state index in [0.717, 1.165) is 12.0 Å². The third-order valence-corrected chi connectivity index (χ3v) is 3.10. The van der Waals surface area contributed by atoms with Crippen molar-refractivity contribution < 1.29 is 19.4 Å². The molecule has 1 aromatic carbocycles. The molecule has 0 fully saturated rings. The number of aliphatic carboxylic acids is 1. The van der Waals surface area contributed by atoms with Crippen LogP contribution in [0.4, 0.5) is 0 Å². The van der Waals surface area contributed by atoms with E-state index in [4.69, 9.17) is 14.6 Å². The topological polar surface area (TPSA) is 84.4 Å². The molecule has 1 aromatic heterocycles. The largest absolute Gasteiger partial charge is 0.490 e. The Morgan fingerprint density at radius 3 is 2.90 bits per heavy atom. The summed E-state index contributed by atoms with van der Waals surface area (Å²) in [5.74, 6) is 0.503. The van der Waals surface area contributed by atoms with Crippen LogP contribution in [0.1, 0.15) is 12.0 Å². The van der Waals surface area contributed by atoms with Gasteiger partial charge in [0.2, 0.25) is 0 Å². The van der Waals surface area contributed by atoms with Crippen molar-refractivity contribution in [1.29, 1.82) is 0 Å². The first kappa shape index (κ1) is 12.5. The molecular formula is C14H14N2O4. The minimum absolute atomic E-state index is 0.0692. The fraction of sp³-hybridized carbons (Fsp3) is 0.286. The number of ether oxygens (including phenoxy) is 2. The summed E-state index contributed by atoms with van der Waals surface area (Å²) in [6, 6.07) is 5.55. The van der Waals surface area contributed by atoms with Gasteiger partial charge in [0.1, 0.15) is 0 Å². The highest BCUT2D eigenvalue weighted by atomic mass is 16.5. The summed E-state index contributed by atoms with van der Waals surface area (Å²) >= 11 is 0. The molecule has 104 valence electrons. The average Bonchev–Trinajstić information content (AvgIpc) is 2.74. The Morgan fingerprint density at radius 1 is 1.30 bits per heavy atom. The van der Waals surface area contributed by atoms with E-state index in [1.165, 1.54) is 6.20 Å². The molecular weight excluding hydrogens is 260 g/mol. The fourth-order valence-electron chi connectivity index (χ4n) is 2.18. The van der Waals surface area contributed by atoms with Gasteiger partial charge in [0.25, 0.3) is 0 Å². The Labute approximate surface area is 115 Å². The maximum absolute atomic E-state index is 10.8. The van der Waals surface area contributed by atoms with Crippen LogP contribution in [-0.2, 0) is 11.2 Å². The summed E-state index contributed by atoms with van der Waals surface area (Å²) in [5, 5.41) is 15.7. The zero-order chi connectivity index (χ0) is 13.9. The lowest BCUT2D eigenvalue weighted by Gasteiger charge is -2.09. The Bertz CT molecular complexity index is 636. The van der Waals surface area contributed by atoms with Gasteiger partial charge in [0, 0.05) is 17.5 Å². The van der Waals surface area contributed by atoms with Gasteiger partial charge in [-0.15, -0.1) is 0 Å². The fourth-order valence-corrected chi connectivity index (χ4v) is 2.18. The SMILES string of the molecule is O=C(O)Cc1cn[nH]c1-c1ccc2c(c1)OCCCO2. The lowest BCUT2D eigenvalue weighted by Crippen LogP contribution is -2.00.